The maximum atomic E-state index is 12.4. The van der Waals surface area contributed by atoms with Gasteiger partial charge in [0.05, 0.1) is 16.9 Å². The van der Waals surface area contributed by atoms with E-state index in [1.54, 1.807) is 6.92 Å². The second kappa shape index (κ2) is 6.31. The summed E-state index contributed by atoms with van der Waals surface area (Å²) in [6, 6.07) is 4.13. The van der Waals surface area contributed by atoms with Crippen molar-refractivity contribution in [3.8, 4) is 0 Å². The lowest BCUT2D eigenvalue weighted by atomic mass is 9.82. The Morgan fingerprint density at radius 1 is 1.29 bits per heavy atom. The van der Waals surface area contributed by atoms with Gasteiger partial charge in [0.1, 0.15) is 6.61 Å². The summed E-state index contributed by atoms with van der Waals surface area (Å²) in [5.41, 5.74) is 6.73. The minimum atomic E-state index is -1.74. The molecule has 0 spiro atoms. The molecule has 4 aliphatic rings. The number of anilines is 1. The van der Waals surface area contributed by atoms with Gasteiger partial charge in [-0.3, -0.25) is 0 Å². The summed E-state index contributed by atoms with van der Waals surface area (Å²) in [6.45, 7) is 2.29. The molecular weight excluding hydrogens is 394 g/mol. The van der Waals surface area contributed by atoms with Crippen LogP contribution in [0.2, 0.25) is 0 Å². The third-order valence-corrected chi connectivity index (χ3v) is 7.37. The first-order chi connectivity index (χ1) is 15.0. The van der Waals surface area contributed by atoms with Crippen LogP contribution in [0.4, 0.5) is 5.69 Å². The van der Waals surface area contributed by atoms with Crippen molar-refractivity contribution in [2.45, 2.75) is 51.0 Å². The number of aromatic nitrogens is 1. The summed E-state index contributed by atoms with van der Waals surface area (Å²) >= 11 is 0. The molecule has 2 aromatic rings. The molecule has 1 aromatic carbocycles. The van der Waals surface area contributed by atoms with E-state index in [4.69, 9.17) is 9.72 Å². The number of aryl methyl sites for hydroxylation is 2. The van der Waals surface area contributed by atoms with Crippen LogP contribution in [0, 0.1) is 0 Å². The average molecular weight is 419 g/mol. The number of pyridine rings is 1. The highest BCUT2D eigenvalue weighted by molar-refractivity contribution is 5.95. The standard InChI is InChI=1S/C24H25N3O4/c1-3-24(30)16-9-19-21-14(10-27(19)22(28)15(16)11-31-23(24)29)12-5-4-6-13-17(25-2)7-8-18(26-21)20(12)13/h7-9,22,25,28,30H,3-6,10-11H2,1-2H3/t22?,24-/m0/s1. The van der Waals surface area contributed by atoms with Crippen LogP contribution in [-0.4, -0.2) is 51.5 Å². The highest BCUT2D eigenvalue weighted by Gasteiger charge is 2.49. The van der Waals surface area contributed by atoms with E-state index in [-0.39, 0.29) is 13.0 Å². The van der Waals surface area contributed by atoms with Crippen LogP contribution in [0.1, 0.15) is 42.1 Å². The van der Waals surface area contributed by atoms with E-state index in [0.29, 0.717) is 17.7 Å². The number of aliphatic hydroxyl groups is 2. The Kier molecular flexibility index (Phi) is 3.83. The number of esters is 1. The zero-order chi connectivity index (χ0) is 21.5. The van der Waals surface area contributed by atoms with Gasteiger partial charge in [0.2, 0.25) is 0 Å². The van der Waals surface area contributed by atoms with Gasteiger partial charge in [-0.05, 0) is 55.0 Å². The van der Waals surface area contributed by atoms with E-state index >= 15 is 0 Å². The number of carbonyl (C=O) groups is 1. The number of rotatable bonds is 2. The molecule has 4 heterocycles. The SMILES string of the molecule is CC[C@@]1(O)C(=O)OCC2=C1C=C1c3nc4ccc(NC)c5c4c(c3CN1C2O)CCC5. The Hall–Kier alpha value is -2.90. The summed E-state index contributed by atoms with van der Waals surface area (Å²) in [6.07, 6.45) is 4.14. The van der Waals surface area contributed by atoms with Gasteiger partial charge in [-0.1, -0.05) is 6.92 Å². The monoisotopic (exact) mass is 419 g/mol. The van der Waals surface area contributed by atoms with E-state index in [2.05, 4.69) is 11.4 Å². The maximum absolute atomic E-state index is 12.4. The third-order valence-electron chi connectivity index (χ3n) is 7.37. The number of cyclic esters (lactones) is 1. The number of hydrogen-bond acceptors (Lipinski definition) is 7. The lowest BCUT2D eigenvalue weighted by Crippen LogP contribution is -2.50. The molecule has 0 amide bonds. The second-order valence-corrected chi connectivity index (χ2v) is 8.77. The van der Waals surface area contributed by atoms with E-state index in [1.807, 2.05) is 24.1 Å². The number of aliphatic hydroxyl groups excluding tert-OH is 1. The largest absolute Gasteiger partial charge is 0.459 e. The topological polar surface area (TPSA) is 94.9 Å². The van der Waals surface area contributed by atoms with Crippen LogP contribution in [0.15, 0.2) is 29.4 Å². The molecule has 160 valence electrons. The molecule has 0 radical (unpaired) electrons. The number of nitrogens with zero attached hydrogens (tertiary/aromatic N) is 2. The van der Waals surface area contributed by atoms with Crippen LogP contribution in [0.5, 0.6) is 0 Å². The molecule has 31 heavy (non-hydrogen) atoms. The summed E-state index contributed by atoms with van der Waals surface area (Å²) < 4.78 is 5.22. The summed E-state index contributed by atoms with van der Waals surface area (Å²) in [5, 5.41) is 26.8. The van der Waals surface area contributed by atoms with E-state index in [0.717, 1.165) is 47.4 Å². The van der Waals surface area contributed by atoms with Gasteiger partial charge >= 0.3 is 5.97 Å². The van der Waals surface area contributed by atoms with Crippen LogP contribution in [0.3, 0.4) is 0 Å². The minimum Gasteiger partial charge on any atom is -0.459 e. The van der Waals surface area contributed by atoms with Crippen LogP contribution in [-0.2, 0) is 28.9 Å². The lowest BCUT2D eigenvalue weighted by molar-refractivity contribution is -0.164. The first kappa shape index (κ1) is 18.8. The molecule has 1 unspecified atom stereocenters. The first-order valence-corrected chi connectivity index (χ1v) is 10.9. The lowest BCUT2D eigenvalue weighted by Gasteiger charge is -2.40. The molecule has 3 aliphatic heterocycles. The Morgan fingerprint density at radius 2 is 2.10 bits per heavy atom. The molecule has 0 fully saturated rings. The van der Waals surface area contributed by atoms with Crippen molar-refractivity contribution in [3.05, 3.63) is 51.7 Å². The minimum absolute atomic E-state index is 0.00773. The molecule has 1 aliphatic carbocycles. The maximum Gasteiger partial charge on any atom is 0.343 e. The Labute approximate surface area is 180 Å². The van der Waals surface area contributed by atoms with Gasteiger partial charge in [0, 0.05) is 41.4 Å². The van der Waals surface area contributed by atoms with Crippen molar-refractivity contribution in [1.82, 2.24) is 9.88 Å². The number of nitrogens with one attached hydrogen (secondary N) is 1. The zero-order valence-corrected chi connectivity index (χ0v) is 17.7. The molecule has 0 saturated heterocycles. The van der Waals surface area contributed by atoms with Gasteiger partial charge in [-0.15, -0.1) is 0 Å². The van der Waals surface area contributed by atoms with Crippen molar-refractivity contribution in [1.29, 1.82) is 0 Å². The van der Waals surface area contributed by atoms with Gasteiger partial charge in [0.25, 0.3) is 0 Å². The van der Waals surface area contributed by atoms with Crippen molar-refractivity contribution in [2.75, 3.05) is 19.0 Å². The highest BCUT2D eigenvalue weighted by atomic mass is 16.6. The summed E-state index contributed by atoms with van der Waals surface area (Å²) in [7, 11) is 1.95. The quantitative estimate of drug-likeness (QED) is 0.643. The first-order valence-electron chi connectivity index (χ1n) is 10.9. The Morgan fingerprint density at radius 3 is 2.87 bits per heavy atom. The number of benzene rings is 1. The fraction of sp³-hybridized carbons (Fsp3) is 0.417. The van der Waals surface area contributed by atoms with Gasteiger partial charge < -0.3 is 25.2 Å². The van der Waals surface area contributed by atoms with Crippen LogP contribution < -0.4 is 5.32 Å². The van der Waals surface area contributed by atoms with Gasteiger partial charge in [0.15, 0.2) is 11.8 Å². The van der Waals surface area contributed by atoms with Crippen molar-refractivity contribution in [2.24, 2.45) is 0 Å². The second-order valence-electron chi connectivity index (χ2n) is 8.77. The fourth-order valence-corrected chi connectivity index (χ4v) is 5.70. The molecule has 0 saturated carbocycles. The fourth-order valence-electron chi connectivity index (χ4n) is 5.70. The summed E-state index contributed by atoms with van der Waals surface area (Å²) in [4.78, 5) is 19.3. The van der Waals surface area contributed by atoms with E-state index < -0.39 is 17.8 Å². The van der Waals surface area contributed by atoms with Gasteiger partial charge in [-0.25, -0.2) is 9.78 Å². The molecule has 7 heteroatoms. The molecule has 1 aromatic heterocycles. The van der Waals surface area contributed by atoms with Crippen LogP contribution >= 0.6 is 0 Å². The van der Waals surface area contributed by atoms with Crippen molar-refractivity contribution in [3.63, 3.8) is 0 Å². The van der Waals surface area contributed by atoms with Crippen LogP contribution in [0.25, 0.3) is 16.6 Å². The number of ether oxygens (including phenoxy) is 1. The van der Waals surface area contributed by atoms with Crippen molar-refractivity contribution < 1.29 is 19.7 Å². The molecule has 3 N–H and O–H groups in total. The van der Waals surface area contributed by atoms with Crippen molar-refractivity contribution >= 4 is 28.3 Å². The predicted molar refractivity (Wildman–Crippen MR) is 116 cm³/mol. The van der Waals surface area contributed by atoms with Gasteiger partial charge in [-0.2, -0.15) is 0 Å². The number of carbonyl (C=O) groups excluding carboxylic acids is 1. The summed E-state index contributed by atoms with van der Waals surface area (Å²) in [5.74, 6) is -0.657. The van der Waals surface area contributed by atoms with E-state index in [9.17, 15) is 15.0 Å². The van der Waals surface area contributed by atoms with E-state index in [1.165, 1.54) is 16.5 Å². The molecule has 0 bridgehead atoms. The molecule has 7 nitrogen and oxygen atoms in total. The molecule has 2 atom stereocenters. The highest BCUT2D eigenvalue weighted by Crippen LogP contribution is 2.47. The molecular formula is C24H25N3O4. The normalized spacial score (nSPS) is 26.3. The Bertz CT molecular complexity index is 1230. The Balaban J connectivity index is 1.59. The molecule has 6 rings (SSSR count). The zero-order valence-electron chi connectivity index (χ0n) is 17.7. The number of hydrogen-bond donors (Lipinski definition) is 3. The third kappa shape index (κ3) is 2.30. The smallest absolute Gasteiger partial charge is 0.343 e. The predicted octanol–water partition coefficient (Wildman–Crippen LogP) is 2.25. The number of fused-ring (bicyclic) bond motifs is 4. The average Bonchev–Trinajstić information content (AvgIpc) is 3.16.